The van der Waals surface area contributed by atoms with Gasteiger partial charge in [-0.2, -0.15) is 18.3 Å². The summed E-state index contributed by atoms with van der Waals surface area (Å²) in [6.07, 6.45) is -5.22. The Hall–Kier alpha value is -3.41. The highest BCUT2D eigenvalue weighted by Gasteiger charge is 2.39. The maximum absolute atomic E-state index is 13.4. The molecular formula is C24H23F4N3O4S. The molecular weight excluding hydrogens is 502 g/mol. The van der Waals surface area contributed by atoms with Crippen LogP contribution in [0.1, 0.15) is 42.4 Å². The van der Waals surface area contributed by atoms with Crippen molar-refractivity contribution in [2.75, 3.05) is 0 Å². The number of aromatic nitrogens is 2. The molecule has 2 aromatic carbocycles. The van der Waals surface area contributed by atoms with E-state index in [0.29, 0.717) is 16.9 Å². The molecule has 7 nitrogen and oxygen atoms in total. The summed E-state index contributed by atoms with van der Waals surface area (Å²) >= 11 is 0. The van der Waals surface area contributed by atoms with Crippen LogP contribution in [0.5, 0.6) is 5.75 Å². The third-order valence-electron chi connectivity index (χ3n) is 5.85. The van der Waals surface area contributed by atoms with Gasteiger partial charge in [-0.05, 0) is 63.2 Å². The monoisotopic (exact) mass is 525 g/mol. The summed E-state index contributed by atoms with van der Waals surface area (Å²) in [4.78, 5) is 14.6. The van der Waals surface area contributed by atoms with Crippen LogP contribution in [0.4, 0.5) is 17.6 Å². The zero-order valence-electron chi connectivity index (χ0n) is 19.6. The second-order valence-electron chi connectivity index (χ2n) is 8.74. The summed E-state index contributed by atoms with van der Waals surface area (Å²) in [5, 5.41) is 3.62. The number of carbonyl (C=O) groups excluding carboxylic acids is 1. The van der Waals surface area contributed by atoms with Crippen molar-refractivity contribution in [2.45, 2.75) is 56.3 Å². The fourth-order valence-electron chi connectivity index (χ4n) is 3.68. The van der Waals surface area contributed by atoms with E-state index in [1.807, 2.05) is 0 Å². The van der Waals surface area contributed by atoms with Crippen LogP contribution in [0.2, 0.25) is 0 Å². The maximum atomic E-state index is 13.4. The number of hydrogen-bond donors (Lipinski definition) is 0. The first-order chi connectivity index (χ1) is 16.8. The van der Waals surface area contributed by atoms with Crippen molar-refractivity contribution in [2.24, 2.45) is 0 Å². The van der Waals surface area contributed by atoms with Crippen LogP contribution in [0, 0.1) is 5.82 Å². The average Bonchev–Trinajstić information content (AvgIpc) is 3.38. The maximum Gasteiger partial charge on any atom is 0.425 e. The predicted octanol–water partition coefficient (Wildman–Crippen LogP) is 4.68. The van der Waals surface area contributed by atoms with Gasteiger partial charge in [-0.3, -0.25) is 4.79 Å². The van der Waals surface area contributed by atoms with Gasteiger partial charge in [0.05, 0.1) is 33.6 Å². The van der Waals surface area contributed by atoms with Crippen molar-refractivity contribution in [3.63, 3.8) is 0 Å². The zero-order valence-corrected chi connectivity index (χ0v) is 20.4. The zero-order chi connectivity index (χ0) is 26.4. The van der Waals surface area contributed by atoms with Gasteiger partial charge in [0.2, 0.25) is 0 Å². The molecule has 0 radical (unpaired) electrons. The molecule has 36 heavy (non-hydrogen) atoms. The number of hydrogen-bond acceptors (Lipinski definition) is 5. The second kappa shape index (κ2) is 9.23. The van der Waals surface area contributed by atoms with Crippen LogP contribution in [-0.2, 0) is 22.9 Å². The molecule has 0 spiro atoms. The molecule has 2 heterocycles. The van der Waals surface area contributed by atoms with E-state index in [1.54, 1.807) is 23.0 Å². The summed E-state index contributed by atoms with van der Waals surface area (Å²) < 4.78 is 84.5. The Morgan fingerprint density at radius 1 is 1.06 bits per heavy atom. The Labute approximate surface area is 205 Å². The molecule has 1 aliphatic heterocycles. The van der Waals surface area contributed by atoms with Gasteiger partial charge in [0, 0.05) is 18.3 Å². The number of fused-ring (bicyclic) bond motifs is 1. The van der Waals surface area contributed by atoms with Crippen LogP contribution < -0.4 is 4.74 Å². The molecule has 4 rings (SSSR count). The molecule has 1 amide bonds. The normalized spacial score (nSPS) is 14.7. The number of alkyl halides is 3. The molecule has 12 heteroatoms. The van der Waals surface area contributed by atoms with E-state index in [0.717, 1.165) is 25.1 Å². The number of benzene rings is 2. The molecule has 0 N–H and O–H groups in total. The van der Waals surface area contributed by atoms with Gasteiger partial charge in [-0.25, -0.2) is 17.5 Å². The number of ether oxygens (including phenoxy) is 1. The first kappa shape index (κ1) is 25.7. The molecule has 0 aliphatic carbocycles. The van der Waals surface area contributed by atoms with Crippen molar-refractivity contribution in [3.8, 4) is 11.4 Å². The van der Waals surface area contributed by atoms with Gasteiger partial charge in [-0.1, -0.05) is 0 Å². The van der Waals surface area contributed by atoms with E-state index < -0.39 is 39.1 Å². The smallest absolute Gasteiger partial charge is 0.425 e. The molecule has 192 valence electrons. The molecule has 0 fully saturated rings. The lowest BCUT2D eigenvalue weighted by Gasteiger charge is -2.22. The van der Waals surface area contributed by atoms with Gasteiger partial charge < -0.3 is 9.64 Å². The standard InChI is InChI=1S/C24H23F4N3O4S/c1-14(2)36(33,34)19-8-9-22(35-15(3)24(26,27)28)20(10-19)23(32)30-11-16-12-31(29-21(16)13-30)18-6-4-17(25)5-7-18/h4-10,12,14-15H,11,13H2,1-3H3/t15-/m0/s1. The molecule has 0 saturated heterocycles. The van der Waals surface area contributed by atoms with E-state index in [-0.39, 0.29) is 29.3 Å². The fraction of sp³-hybridized carbons (Fsp3) is 0.333. The average molecular weight is 526 g/mol. The van der Waals surface area contributed by atoms with Gasteiger partial charge >= 0.3 is 6.18 Å². The summed E-state index contributed by atoms with van der Waals surface area (Å²) in [5.74, 6) is -1.45. The van der Waals surface area contributed by atoms with Crippen LogP contribution in [0.3, 0.4) is 0 Å². The van der Waals surface area contributed by atoms with E-state index in [9.17, 15) is 30.8 Å². The lowest BCUT2D eigenvalue weighted by Crippen LogP contribution is -2.33. The number of amides is 1. The Balaban J connectivity index is 1.64. The van der Waals surface area contributed by atoms with Crippen LogP contribution in [0.15, 0.2) is 53.6 Å². The Kier molecular flexibility index (Phi) is 6.58. The van der Waals surface area contributed by atoms with Crippen molar-refractivity contribution in [1.29, 1.82) is 0 Å². The molecule has 1 aliphatic rings. The van der Waals surface area contributed by atoms with Crippen LogP contribution in [-0.4, -0.2) is 46.5 Å². The summed E-state index contributed by atoms with van der Waals surface area (Å²) in [6.45, 7) is 3.89. The molecule has 1 aromatic heterocycles. The number of sulfone groups is 1. The summed E-state index contributed by atoms with van der Waals surface area (Å²) in [6, 6.07) is 8.95. The molecule has 0 unspecified atom stereocenters. The minimum atomic E-state index is -4.68. The highest BCUT2D eigenvalue weighted by atomic mass is 32.2. The van der Waals surface area contributed by atoms with E-state index >= 15 is 0 Å². The van der Waals surface area contributed by atoms with Crippen molar-refractivity contribution in [1.82, 2.24) is 14.7 Å². The molecule has 0 bridgehead atoms. The number of rotatable bonds is 6. The minimum Gasteiger partial charge on any atom is -0.480 e. The highest BCUT2D eigenvalue weighted by molar-refractivity contribution is 7.92. The second-order valence-corrected chi connectivity index (χ2v) is 11.2. The van der Waals surface area contributed by atoms with E-state index in [4.69, 9.17) is 4.74 Å². The Bertz CT molecular complexity index is 1380. The Morgan fingerprint density at radius 3 is 2.31 bits per heavy atom. The van der Waals surface area contributed by atoms with Crippen molar-refractivity contribution in [3.05, 3.63) is 71.3 Å². The van der Waals surface area contributed by atoms with Crippen LogP contribution in [0.25, 0.3) is 5.69 Å². The summed E-state index contributed by atoms with van der Waals surface area (Å²) in [5.41, 5.74) is 1.59. The molecule has 1 atom stereocenters. The summed E-state index contributed by atoms with van der Waals surface area (Å²) in [7, 11) is -3.80. The molecule has 0 saturated carbocycles. The first-order valence-corrected chi connectivity index (χ1v) is 12.6. The topological polar surface area (TPSA) is 81.5 Å². The third-order valence-corrected chi connectivity index (χ3v) is 8.00. The van der Waals surface area contributed by atoms with Gasteiger partial charge in [0.1, 0.15) is 11.6 Å². The van der Waals surface area contributed by atoms with Gasteiger partial charge in [0.25, 0.3) is 5.91 Å². The van der Waals surface area contributed by atoms with Crippen molar-refractivity contribution >= 4 is 15.7 Å². The largest absolute Gasteiger partial charge is 0.480 e. The molecule has 3 aromatic rings. The quantitative estimate of drug-likeness (QED) is 0.437. The van der Waals surface area contributed by atoms with E-state index in [2.05, 4.69) is 5.10 Å². The minimum absolute atomic E-state index is 0.0534. The van der Waals surface area contributed by atoms with Crippen LogP contribution >= 0.6 is 0 Å². The van der Waals surface area contributed by atoms with Crippen molar-refractivity contribution < 1.29 is 35.5 Å². The third kappa shape index (κ3) is 4.95. The first-order valence-electron chi connectivity index (χ1n) is 11.0. The van der Waals surface area contributed by atoms with Gasteiger partial charge in [0.15, 0.2) is 15.9 Å². The highest BCUT2D eigenvalue weighted by Crippen LogP contribution is 2.33. The lowest BCUT2D eigenvalue weighted by atomic mass is 10.1. The van der Waals surface area contributed by atoms with E-state index in [1.165, 1.54) is 30.9 Å². The Morgan fingerprint density at radius 2 is 1.72 bits per heavy atom. The number of carbonyl (C=O) groups is 1. The fourth-order valence-corrected chi connectivity index (χ4v) is 4.76. The predicted molar refractivity (Wildman–Crippen MR) is 122 cm³/mol. The van der Waals surface area contributed by atoms with Gasteiger partial charge in [-0.15, -0.1) is 0 Å². The number of nitrogens with zero attached hydrogens (tertiary/aromatic N) is 3. The number of halogens is 4. The lowest BCUT2D eigenvalue weighted by molar-refractivity contribution is -0.189. The SMILES string of the molecule is CC(C)S(=O)(=O)c1ccc(O[C@@H](C)C(F)(F)F)c(C(=O)N2Cc3cn(-c4ccc(F)cc4)nc3C2)c1.